The van der Waals surface area contributed by atoms with Crippen LogP contribution in [0.15, 0.2) is 47.1 Å². The van der Waals surface area contributed by atoms with E-state index in [2.05, 4.69) is 15.5 Å². The van der Waals surface area contributed by atoms with Gasteiger partial charge < -0.3 is 19.3 Å². The molecule has 0 saturated carbocycles. The number of benzene rings is 1. The maximum absolute atomic E-state index is 12.6. The largest absolute Gasteiger partial charge is 0.482 e. The third-order valence-electron chi connectivity index (χ3n) is 3.82. The van der Waals surface area contributed by atoms with Gasteiger partial charge in [-0.25, -0.2) is 4.98 Å². The summed E-state index contributed by atoms with van der Waals surface area (Å²) in [6.45, 7) is -1.48. The molecule has 7 nitrogen and oxygen atoms in total. The molecule has 0 aliphatic rings. The molecule has 0 saturated heterocycles. The molecule has 0 spiro atoms. The molecule has 0 fully saturated rings. The Morgan fingerprint density at radius 3 is 2.60 bits per heavy atom. The topological polar surface area (TPSA) is 86.5 Å². The molecule has 0 radical (unpaired) electrons. The molecular formula is C19H15ClF3N3O4. The number of aromatic nitrogens is 2. The van der Waals surface area contributed by atoms with E-state index < -0.39 is 18.7 Å². The Bertz CT molecular complexity index is 1020. The molecule has 0 unspecified atom stereocenters. The second kappa shape index (κ2) is 9.04. The summed E-state index contributed by atoms with van der Waals surface area (Å²) in [6.07, 6.45) is -3.45. The minimum absolute atomic E-state index is 0.0134. The predicted octanol–water partition coefficient (Wildman–Crippen LogP) is 4.27. The molecule has 158 valence electrons. The first-order valence-corrected chi connectivity index (χ1v) is 8.86. The van der Waals surface area contributed by atoms with Crippen LogP contribution in [0, 0.1) is 0 Å². The summed E-state index contributed by atoms with van der Waals surface area (Å²) < 4.78 is 52.5. The minimum Gasteiger partial charge on any atom is -0.482 e. The highest BCUT2D eigenvalue weighted by atomic mass is 35.5. The van der Waals surface area contributed by atoms with Crippen molar-refractivity contribution in [3.63, 3.8) is 0 Å². The third kappa shape index (κ3) is 5.63. The highest BCUT2D eigenvalue weighted by molar-refractivity contribution is 6.30. The van der Waals surface area contributed by atoms with Crippen molar-refractivity contribution in [1.82, 2.24) is 15.5 Å². The van der Waals surface area contributed by atoms with E-state index in [-0.39, 0.29) is 29.4 Å². The van der Waals surface area contributed by atoms with Gasteiger partial charge in [-0.05, 0) is 28.9 Å². The van der Waals surface area contributed by atoms with Crippen LogP contribution >= 0.6 is 11.6 Å². The van der Waals surface area contributed by atoms with Crippen LogP contribution in [0.1, 0.15) is 16.2 Å². The molecule has 2 aromatic heterocycles. The molecule has 0 aliphatic carbocycles. The number of amides is 1. The summed E-state index contributed by atoms with van der Waals surface area (Å²) in [4.78, 5) is 16.4. The fraction of sp³-hybridized carbons (Fsp3) is 0.211. The monoisotopic (exact) mass is 441 g/mol. The smallest absolute Gasteiger partial charge is 0.422 e. The SMILES string of the molecule is COc1cc(CNC(=O)c2cc(-c3ccc(Cl)cc3)c(OCC(F)(F)F)cn2)on1. The Morgan fingerprint density at radius 2 is 1.97 bits per heavy atom. The van der Waals surface area contributed by atoms with Crippen molar-refractivity contribution in [3.8, 4) is 22.8 Å². The molecule has 0 atom stereocenters. The molecule has 0 bridgehead atoms. The van der Waals surface area contributed by atoms with E-state index in [0.717, 1.165) is 6.20 Å². The number of rotatable bonds is 7. The molecular weight excluding hydrogens is 427 g/mol. The van der Waals surface area contributed by atoms with E-state index in [9.17, 15) is 18.0 Å². The van der Waals surface area contributed by atoms with Gasteiger partial charge in [-0.1, -0.05) is 23.7 Å². The lowest BCUT2D eigenvalue weighted by Gasteiger charge is -2.14. The highest BCUT2D eigenvalue weighted by Crippen LogP contribution is 2.32. The van der Waals surface area contributed by atoms with E-state index in [4.69, 9.17) is 25.6 Å². The Balaban J connectivity index is 1.83. The van der Waals surface area contributed by atoms with E-state index in [1.165, 1.54) is 19.2 Å². The molecule has 0 aliphatic heterocycles. The first kappa shape index (κ1) is 21.4. The van der Waals surface area contributed by atoms with Crippen LogP contribution in [0.2, 0.25) is 5.02 Å². The fourth-order valence-electron chi connectivity index (χ4n) is 2.43. The Hall–Kier alpha value is -3.27. The van der Waals surface area contributed by atoms with Gasteiger partial charge in [-0.15, -0.1) is 0 Å². The number of nitrogens with one attached hydrogen (secondary N) is 1. The lowest BCUT2D eigenvalue weighted by atomic mass is 10.0. The van der Waals surface area contributed by atoms with Crippen LogP contribution in [-0.2, 0) is 6.54 Å². The van der Waals surface area contributed by atoms with Crippen LogP contribution < -0.4 is 14.8 Å². The quantitative estimate of drug-likeness (QED) is 0.589. The van der Waals surface area contributed by atoms with Gasteiger partial charge in [0.2, 0.25) is 0 Å². The van der Waals surface area contributed by atoms with Crippen LogP contribution in [0.25, 0.3) is 11.1 Å². The maximum Gasteiger partial charge on any atom is 0.422 e. The van der Waals surface area contributed by atoms with Crippen molar-refractivity contribution >= 4 is 17.5 Å². The number of alkyl halides is 3. The summed E-state index contributed by atoms with van der Waals surface area (Å²) in [5, 5.41) is 6.65. The van der Waals surface area contributed by atoms with Crippen LogP contribution in [0.5, 0.6) is 11.6 Å². The molecule has 3 rings (SSSR count). The van der Waals surface area contributed by atoms with Gasteiger partial charge in [0.15, 0.2) is 12.4 Å². The number of halogens is 4. The standard InChI is InChI=1S/C19H15ClF3N3O4/c1-28-17-6-13(30-26-17)8-25-18(27)15-7-14(11-2-4-12(20)5-3-11)16(9-24-15)29-10-19(21,22)23/h2-7,9H,8,10H2,1H3,(H,25,27). The van der Waals surface area contributed by atoms with Crippen molar-refractivity contribution < 1.29 is 32.0 Å². The van der Waals surface area contributed by atoms with Crippen molar-refractivity contribution in [2.75, 3.05) is 13.7 Å². The first-order chi connectivity index (χ1) is 14.2. The van der Waals surface area contributed by atoms with Crippen molar-refractivity contribution in [2.45, 2.75) is 12.7 Å². The highest BCUT2D eigenvalue weighted by Gasteiger charge is 2.29. The summed E-state index contributed by atoms with van der Waals surface area (Å²) in [7, 11) is 1.42. The Morgan fingerprint density at radius 1 is 1.23 bits per heavy atom. The van der Waals surface area contributed by atoms with Crippen LogP contribution in [0.4, 0.5) is 13.2 Å². The Kier molecular flexibility index (Phi) is 6.46. The van der Waals surface area contributed by atoms with Gasteiger partial charge >= 0.3 is 6.18 Å². The molecule has 2 heterocycles. The Labute approximate surface area is 173 Å². The number of methoxy groups -OCH3 is 1. The molecule has 1 N–H and O–H groups in total. The van der Waals surface area contributed by atoms with E-state index >= 15 is 0 Å². The average molecular weight is 442 g/mol. The lowest BCUT2D eigenvalue weighted by molar-refractivity contribution is -0.153. The summed E-state index contributed by atoms with van der Waals surface area (Å²) in [6, 6.07) is 9.18. The zero-order valence-corrected chi connectivity index (χ0v) is 16.3. The maximum atomic E-state index is 12.6. The van der Waals surface area contributed by atoms with Gasteiger partial charge in [0.05, 0.1) is 19.9 Å². The number of ether oxygens (including phenoxy) is 2. The number of pyridine rings is 1. The zero-order valence-electron chi connectivity index (χ0n) is 15.5. The second-order valence-corrected chi connectivity index (χ2v) is 6.43. The summed E-state index contributed by atoms with van der Waals surface area (Å²) in [5.41, 5.74) is 0.746. The van der Waals surface area contributed by atoms with Gasteiger partial charge in [0, 0.05) is 16.7 Å². The zero-order chi connectivity index (χ0) is 21.7. The molecule has 11 heteroatoms. The average Bonchev–Trinajstić information content (AvgIpc) is 3.18. The van der Waals surface area contributed by atoms with Crippen molar-refractivity contribution in [3.05, 3.63) is 59.1 Å². The molecule has 30 heavy (non-hydrogen) atoms. The van der Waals surface area contributed by atoms with E-state index in [0.29, 0.717) is 16.3 Å². The number of carbonyl (C=O) groups is 1. The molecule has 3 aromatic rings. The lowest BCUT2D eigenvalue weighted by Crippen LogP contribution is -2.24. The number of nitrogens with zero attached hydrogens (tertiary/aromatic N) is 2. The van der Waals surface area contributed by atoms with Gasteiger partial charge in [0.1, 0.15) is 11.4 Å². The minimum atomic E-state index is -4.52. The van der Waals surface area contributed by atoms with Crippen molar-refractivity contribution in [2.24, 2.45) is 0 Å². The van der Waals surface area contributed by atoms with Gasteiger partial charge in [-0.2, -0.15) is 13.2 Å². The van der Waals surface area contributed by atoms with Crippen molar-refractivity contribution in [1.29, 1.82) is 0 Å². The third-order valence-corrected chi connectivity index (χ3v) is 4.07. The van der Waals surface area contributed by atoms with Gasteiger partial charge in [0.25, 0.3) is 11.8 Å². The van der Waals surface area contributed by atoms with E-state index in [1.807, 2.05) is 0 Å². The summed E-state index contributed by atoms with van der Waals surface area (Å²) >= 11 is 5.87. The van der Waals surface area contributed by atoms with Crippen LogP contribution in [-0.4, -0.2) is 35.9 Å². The molecule has 1 aromatic carbocycles. The number of hydrogen-bond donors (Lipinski definition) is 1. The normalized spacial score (nSPS) is 11.2. The fourth-order valence-corrected chi connectivity index (χ4v) is 2.55. The predicted molar refractivity (Wildman–Crippen MR) is 100 cm³/mol. The number of hydrogen-bond acceptors (Lipinski definition) is 6. The molecule has 1 amide bonds. The van der Waals surface area contributed by atoms with Crippen LogP contribution in [0.3, 0.4) is 0 Å². The van der Waals surface area contributed by atoms with E-state index in [1.54, 1.807) is 24.3 Å². The summed E-state index contributed by atoms with van der Waals surface area (Å²) in [5.74, 6) is -0.0778. The van der Waals surface area contributed by atoms with Gasteiger partial charge in [-0.3, -0.25) is 4.79 Å². The first-order valence-electron chi connectivity index (χ1n) is 8.48. The number of carbonyl (C=O) groups excluding carboxylic acids is 1. The second-order valence-electron chi connectivity index (χ2n) is 5.99.